The lowest BCUT2D eigenvalue weighted by molar-refractivity contribution is -0.142. The Kier molecular flexibility index (Phi) is 6.69. The lowest BCUT2D eigenvalue weighted by atomic mass is 10.1. The maximum atomic E-state index is 12.0. The Morgan fingerprint density at radius 3 is 2.54 bits per heavy atom. The van der Waals surface area contributed by atoms with Crippen LogP contribution in [0.1, 0.15) is 33.5 Å². The highest BCUT2D eigenvalue weighted by atomic mass is 32.1. The summed E-state index contributed by atoms with van der Waals surface area (Å²) in [6.07, 6.45) is 0.837. The predicted molar refractivity (Wildman–Crippen MR) is 91.9 cm³/mol. The molecule has 1 amide bonds. The van der Waals surface area contributed by atoms with Gasteiger partial charge < -0.3 is 10.1 Å². The van der Waals surface area contributed by atoms with Gasteiger partial charge in [-0.15, -0.1) is 11.3 Å². The Balaban J connectivity index is 1.74. The molecular weight excluding hydrogens is 326 g/mol. The minimum atomic E-state index is -0.387. The van der Waals surface area contributed by atoms with E-state index in [-0.39, 0.29) is 30.7 Å². The van der Waals surface area contributed by atoms with Crippen LogP contribution < -0.4 is 5.32 Å². The van der Waals surface area contributed by atoms with Crippen LogP contribution in [-0.2, 0) is 27.3 Å². The number of carbonyl (C=O) groups excluding carboxylic acids is 3. The standard InChI is InChI=1S/C18H19NO4S/c1-13(20)19-11-15-8-9-17(24-15)16(21)12-23-18(22)10-7-14-5-3-2-4-6-14/h2-6,8-9H,7,10-12H2,1H3,(H,19,20). The second-order valence-electron chi connectivity index (χ2n) is 5.25. The first-order valence-corrected chi connectivity index (χ1v) is 8.42. The van der Waals surface area contributed by atoms with Gasteiger partial charge in [-0.05, 0) is 24.1 Å². The van der Waals surface area contributed by atoms with Gasteiger partial charge in [-0.25, -0.2) is 0 Å². The number of esters is 1. The number of rotatable bonds is 8. The van der Waals surface area contributed by atoms with Crippen LogP contribution in [-0.4, -0.2) is 24.3 Å². The fourth-order valence-electron chi connectivity index (χ4n) is 2.01. The SMILES string of the molecule is CC(=O)NCc1ccc(C(=O)COC(=O)CCc2ccccc2)s1. The number of hydrogen-bond acceptors (Lipinski definition) is 5. The van der Waals surface area contributed by atoms with E-state index in [0.717, 1.165) is 10.4 Å². The van der Waals surface area contributed by atoms with E-state index in [1.807, 2.05) is 30.3 Å². The maximum Gasteiger partial charge on any atom is 0.306 e. The van der Waals surface area contributed by atoms with Crippen LogP contribution in [0.25, 0.3) is 0 Å². The zero-order valence-corrected chi connectivity index (χ0v) is 14.2. The van der Waals surface area contributed by atoms with Crippen LogP contribution in [0.5, 0.6) is 0 Å². The average Bonchev–Trinajstić information content (AvgIpc) is 3.06. The monoisotopic (exact) mass is 345 g/mol. The molecule has 1 heterocycles. The van der Waals surface area contributed by atoms with Crippen LogP contribution in [0.2, 0.25) is 0 Å². The summed E-state index contributed by atoms with van der Waals surface area (Å²) in [5.74, 6) is -0.743. The first-order chi connectivity index (χ1) is 11.5. The Hall–Kier alpha value is -2.47. The summed E-state index contributed by atoms with van der Waals surface area (Å²) in [6.45, 7) is 1.58. The molecule has 0 unspecified atom stereocenters. The summed E-state index contributed by atoms with van der Waals surface area (Å²) < 4.78 is 5.04. The topological polar surface area (TPSA) is 72.5 Å². The molecule has 1 aromatic carbocycles. The van der Waals surface area contributed by atoms with Crippen molar-refractivity contribution in [1.29, 1.82) is 0 Å². The zero-order chi connectivity index (χ0) is 17.4. The number of amides is 1. The van der Waals surface area contributed by atoms with Crippen molar-refractivity contribution in [2.24, 2.45) is 0 Å². The van der Waals surface area contributed by atoms with E-state index >= 15 is 0 Å². The smallest absolute Gasteiger partial charge is 0.306 e. The van der Waals surface area contributed by atoms with Gasteiger partial charge in [-0.3, -0.25) is 14.4 Å². The van der Waals surface area contributed by atoms with Crippen molar-refractivity contribution in [2.45, 2.75) is 26.3 Å². The van der Waals surface area contributed by atoms with E-state index in [2.05, 4.69) is 5.32 Å². The summed E-state index contributed by atoms with van der Waals surface area (Å²) in [5, 5.41) is 2.67. The third kappa shape index (κ3) is 5.96. The summed E-state index contributed by atoms with van der Waals surface area (Å²) >= 11 is 1.29. The van der Waals surface area contributed by atoms with Gasteiger partial charge in [-0.2, -0.15) is 0 Å². The van der Waals surface area contributed by atoms with Crippen molar-refractivity contribution < 1.29 is 19.1 Å². The van der Waals surface area contributed by atoms with E-state index in [0.29, 0.717) is 17.8 Å². The van der Waals surface area contributed by atoms with Gasteiger partial charge in [-0.1, -0.05) is 30.3 Å². The number of hydrogen-bond donors (Lipinski definition) is 1. The predicted octanol–water partition coefficient (Wildman–Crippen LogP) is 2.74. The molecule has 126 valence electrons. The Morgan fingerprint density at radius 1 is 1.08 bits per heavy atom. The highest BCUT2D eigenvalue weighted by molar-refractivity contribution is 7.14. The van der Waals surface area contributed by atoms with E-state index in [9.17, 15) is 14.4 Å². The molecule has 24 heavy (non-hydrogen) atoms. The minimum absolute atomic E-state index is 0.122. The van der Waals surface area contributed by atoms with Crippen molar-refractivity contribution in [3.63, 3.8) is 0 Å². The Labute approximate surface area is 144 Å². The molecule has 0 aliphatic rings. The summed E-state index contributed by atoms with van der Waals surface area (Å²) in [6, 6.07) is 13.1. The van der Waals surface area contributed by atoms with Crippen LogP contribution in [0.4, 0.5) is 0 Å². The van der Waals surface area contributed by atoms with Gasteiger partial charge >= 0.3 is 5.97 Å². The molecule has 0 atom stereocenters. The molecule has 0 aliphatic carbocycles. The number of ether oxygens (including phenoxy) is 1. The Morgan fingerprint density at radius 2 is 1.83 bits per heavy atom. The van der Waals surface area contributed by atoms with Crippen LogP contribution >= 0.6 is 11.3 Å². The third-order valence-corrected chi connectivity index (χ3v) is 4.40. The lowest BCUT2D eigenvalue weighted by Crippen LogP contribution is -2.18. The molecule has 0 spiro atoms. The zero-order valence-electron chi connectivity index (χ0n) is 13.4. The molecule has 6 heteroatoms. The van der Waals surface area contributed by atoms with Gasteiger partial charge in [0.15, 0.2) is 6.61 Å². The normalized spacial score (nSPS) is 10.2. The Bertz CT molecular complexity index is 709. The van der Waals surface area contributed by atoms with Crippen molar-refractivity contribution >= 4 is 29.0 Å². The van der Waals surface area contributed by atoms with Crippen molar-refractivity contribution in [3.8, 4) is 0 Å². The molecule has 1 aromatic heterocycles. The maximum absolute atomic E-state index is 12.0. The molecule has 0 fully saturated rings. The van der Waals surface area contributed by atoms with Crippen molar-refractivity contribution in [3.05, 3.63) is 57.8 Å². The highest BCUT2D eigenvalue weighted by Crippen LogP contribution is 2.17. The largest absolute Gasteiger partial charge is 0.457 e. The van der Waals surface area contributed by atoms with E-state index < -0.39 is 0 Å². The highest BCUT2D eigenvalue weighted by Gasteiger charge is 2.12. The molecule has 5 nitrogen and oxygen atoms in total. The molecule has 1 N–H and O–H groups in total. The van der Waals surface area contributed by atoms with Gasteiger partial charge in [0.1, 0.15) is 0 Å². The molecule has 0 saturated carbocycles. The lowest BCUT2D eigenvalue weighted by Gasteiger charge is -2.03. The molecule has 2 aromatic rings. The first-order valence-electron chi connectivity index (χ1n) is 7.60. The van der Waals surface area contributed by atoms with E-state index in [4.69, 9.17) is 4.74 Å². The van der Waals surface area contributed by atoms with Gasteiger partial charge in [0.05, 0.1) is 11.4 Å². The molecule has 0 bridgehead atoms. The van der Waals surface area contributed by atoms with Crippen LogP contribution in [0, 0.1) is 0 Å². The molecule has 0 aliphatic heterocycles. The van der Waals surface area contributed by atoms with E-state index in [1.165, 1.54) is 18.3 Å². The van der Waals surface area contributed by atoms with E-state index in [1.54, 1.807) is 12.1 Å². The number of benzene rings is 1. The third-order valence-electron chi connectivity index (χ3n) is 3.27. The average molecular weight is 345 g/mol. The van der Waals surface area contributed by atoms with Gasteiger partial charge in [0.25, 0.3) is 0 Å². The molecule has 0 radical (unpaired) electrons. The van der Waals surface area contributed by atoms with Crippen molar-refractivity contribution in [2.75, 3.05) is 6.61 Å². The number of aryl methyl sites for hydroxylation is 1. The summed E-state index contributed by atoms with van der Waals surface area (Å²) in [7, 11) is 0. The second-order valence-corrected chi connectivity index (χ2v) is 6.41. The second kappa shape index (κ2) is 8.98. The number of ketones is 1. The van der Waals surface area contributed by atoms with Gasteiger partial charge in [0.2, 0.25) is 11.7 Å². The summed E-state index contributed by atoms with van der Waals surface area (Å²) in [5.41, 5.74) is 1.06. The quantitative estimate of drug-likeness (QED) is 0.590. The van der Waals surface area contributed by atoms with Crippen LogP contribution in [0.15, 0.2) is 42.5 Å². The van der Waals surface area contributed by atoms with Crippen molar-refractivity contribution in [1.82, 2.24) is 5.32 Å². The van der Waals surface area contributed by atoms with Crippen LogP contribution in [0.3, 0.4) is 0 Å². The molecule has 2 rings (SSSR count). The number of carbonyl (C=O) groups is 3. The number of nitrogens with one attached hydrogen (secondary N) is 1. The summed E-state index contributed by atoms with van der Waals surface area (Å²) in [4.78, 5) is 36.0. The number of thiophene rings is 1. The number of Topliss-reactive ketones (excluding diaryl/α,β-unsaturated/α-hetero) is 1. The fourth-order valence-corrected chi connectivity index (χ4v) is 2.89. The minimum Gasteiger partial charge on any atom is -0.457 e. The first kappa shape index (κ1) is 17.9. The molecular formula is C18H19NO4S. The molecule has 0 saturated heterocycles. The fraction of sp³-hybridized carbons (Fsp3) is 0.278. The van der Waals surface area contributed by atoms with Gasteiger partial charge in [0, 0.05) is 18.2 Å².